The van der Waals surface area contributed by atoms with Crippen LogP contribution in [0.3, 0.4) is 0 Å². The van der Waals surface area contributed by atoms with Crippen molar-refractivity contribution in [2.45, 2.75) is 25.9 Å². The minimum absolute atomic E-state index is 0.472. The van der Waals surface area contributed by atoms with Crippen molar-refractivity contribution < 1.29 is 0 Å². The molecule has 3 aromatic rings. The van der Waals surface area contributed by atoms with E-state index in [1.54, 1.807) is 5.56 Å². The summed E-state index contributed by atoms with van der Waals surface area (Å²) < 4.78 is 2.53. The van der Waals surface area contributed by atoms with Crippen LogP contribution in [0.5, 0.6) is 0 Å². The van der Waals surface area contributed by atoms with E-state index < -0.39 is 0 Å². The molecule has 0 radical (unpaired) electrons. The molecule has 1 aromatic heterocycles. The quantitative estimate of drug-likeness (QED) is 0.685. The largest absolute Gasteiger partial charge is 0.338 e. The van der Waals surface area contributed by atoms with Gasteiger partial charge in [0.05, 0.1) is 0 Å². The number of para-hydroxylation sites is 1. The van der Waals surface area contributed by atoms with Gasteiger partial charge in [-0.1, -0.05) is 48.5 Å². The molecule has 4 rings (SSSR count). The van der Waals surface area contributed by atoms with E-state index in [2.05, 4.69) is 78.0 Å². The standard InChI is InChI=1S/C20H22N2/c1-15-20-18(12-13-21(15)2)17-10-6-7-11-19(17)22(20)14-16-8-4-3-5-9-16/h3-11,15H,12-14H2,1-2H3. The number of fused-ring (bicyclic) bond motifs is 3. The van der Waals surface area contributed by atoms with Gasteiger partial charge in [0.1, 0.15) is 0 Å². The number of aromatic nitrogens is 1. The zero-order chi connectivity index (χ0) is 15.1. The smallest absolute Gasteiger partial charge is 0.0489 e. The first-order valence-corrected chi connectivity index (χ1v) is 8.10. The van der Waals surface area contributed by atoms with Gasteiger partial charge in [-0.3, -0.25) is 4.90 Å². The molecule has 0 N–H and O–H groups in total. The molecule has 0 spiro atoms. The second-order valence-corrected chi connectivity index (χ2v) is 6.36. The maximum absolute atomic E-state index is 2.53. The van der Waals surface area contributed by atoms with Crippen molar-refractivity contribution in [3.63, 3.8) is 0 Å². The maximum atomic E-state index is 2.53. The number of likely N-dealkylation sites (N-methyl/N-ethyl adjacent to an activating group) is 1. The van der Waals surface area contributed by atoms with Gasteiger partial charge in [-0.05, 0) is 37.6 Å². The van der Waals surface area contributed by atoms with Crippen molar-refractivity contribution in [1.29, 1.82) is 0 Å². The third-order valence-corrected chi connectivity index (χ3v) is 5.07. The van der Waals surface area contributed by atoms with Gasteiger partial charge in [0, 0.05) is 35.7 Å². The Kier molecular flexibility index (Phi) is 3.27. The maximum Gasteiger partial charge on any atom is 0.0489 e. The lowest BCUT2D eigenvalue weighted by molar-refractivity contribution is 0.238. The Morgan fingerprint density at radius 1 is 1.00 bits per heavy atom. The lowest BCUT2D eigenvalue weighted by Crippen LogP contribution is -2.31. The van der Waals surface area contributed by atoms with Crippen LogP contribution in [0.4, 0.5) is 0 Å². The topological polar surface area (TPSA) is 8.17 Å². The Morgan fingerprint density at radius 3 is 2.55 bits per heavy atom. The first-order valence-electron chi connectivity index (χ1n) is 8.10. The summed E-state index contributed by atoms with van der Waals surface area (Å²) in [6, 6.07) is 20.1. The van der Waals surface area contributed by atoms with Gasteiger partial charge in [-0.15, -0.1) is 0 Å². The zero-order valence-electron chi connectivity index (χ0n) is 13.3. The highest BCUT2D eigenvalue weighted by Gasteiger charge is 2.27. The fraction of sp³-hybridized carbons (Fsp3) is 0.300. The molecule has 2 nitrogen and oxygen atoms in total. The normalized spacial score (nSPS) is 18.5. The predicted molar refractivity (Wildman–Crippen MR) is 92.2 cm³/mol. The second-order valence-electron chi connectivity index (χ2n) is 6.36. The van der Waals surface area contributed by atoms with E-state index in [9.17, 15) is 0 Å². The van der Waals surface area contributed by atoms with Gasteiger partial charge in [-0.2, -0.15) is 0 Å². The van der Waals surface area contributed by atoms with Gasteiger partial charge < -0.3 is 4.57 Å². The molecule has 0 bridgehead atoms. The molecule has 1 unspecified atom stereocenters. The highest BCUT2D eigenvalue weighted by atomic mass is 15.2. The van der Waals surface area contributed by atoms with Crippen molar-refractivity contribution in [2.24, 2.45) is 0 Å². The molecule has 22 heavy (non-hydrogen) atoms. The summed E-state index contributed by atoms with van der Waals surface area (Å²) in [5, 5.41) is 1.44. The Balaban J connectivity index is 1.93. The molecule has 2 aromatic carbocycles. The Bertz CT molecular complexity index is 801. The molecule has 1 aliphatic rings. The van der Waals surface area contributed by atoms with Gasteiger partial charge >= 0.3 is 0 Å². The van der Waals surface area contributed by atoms with Crippen LogP contribution in [0.2, 0.25) is 0 Å². The predicted octanol–water partition coefficient (Wildman–Crippen LogP) is 4.24. The number of benzene rings is 2. The molecule has 2 heterocycles. The van der Waals surface area contributed by atoms with Crippen LogP contribution in [0.1, 0.15) is 29.8 Å². The number of hydrogen-bond acceptors (Lipinski definition) is 1. The average molecular weight is 290 g/mol. The molecular weight excluding hydrogens is 268 g/mol. The highest BCUT2D eigenvalue weighted by Crippen LogP contribution is 2.36. The molecular formula is C20H22N2. The van der Waals surface area contributed by atoms with E-state index in [1.807, 2.05) is 0 Å². The molecule has 112 valence electrons. The Hall–Kier alpha value is -2.06. The summed E-state index contributed by atoms with van der Waals surface area (Å²) in [7, 11) is 2.23. The molecule has 0 saturated carbocycles. The molecule has 1 atom stereocenters. The van der Waals surface area contributed by atoms with Crippen LogP contribution >= 0.6 is 0 Å². The lowest BCUT2D eigenvalue weighted by atomic mass is 9.99. The first kappa shape index (κ1) is 13.6. The second kappa shape index (κ2) is 5.29. The average Bonchev–Trinajstić information content (AvgIpc) is 2.87. The van der Waals surface area contributed by atoms with Crippen LogP contribution in [0, 0.1) is 0 Å². The van der Waals surface area contributed by atoms with Crippen molar-refractivity contribution >= 4 is 10.9 Å². The van der Waals surface area contributed by atoms with Crippen LogP contribution in [-0.4, -0.2) is 23.1 Å². The van der Waals surface area contributed by atoms with E-state index in [0.717, 1.165) is 19.5 Å². The summed E-state index contributed by atoms with van der Waals surface area (Å²) in [5.41, 5.74) is 5.79. The fourth-order valence-electron chi connectivity index (χ4n) is 3.76. The molecule has 2 heteroatoms. The SMILES string of the molecule is CC1c2c(c3ccccc3n2Cc2ccccc2)CCN1C. The minimum Gasteiger partial charge on any atom is -0.338 e. The van der Waals surface area contributed by atoms with Crippen molar-refractivity contribution in [2.75, 3.05) is 13.6 Å². The van der Waals surface area contributed by atoms with Gasteiger partial charge in [0.25, 0.3) is 0 Å². The summed E-state index contributed by atoms with van der Waals surface area (Å²) >= 11 is 0. The number of hydrogen-bond donors (Lipinski definition) is 0. The summed E-state index contributed by atoms with van der Waals surface area (Å²) in [5.74, 6) is 0. The van der Waals surface area contributed by atoms with E-state index in [0.29, 0.717) is 6.04 Å². The summed E-state index contributed by atoms with van der Waals surface area (Å²) in [6.45, 7) is 4.43. The van der Waals surface area contributed by atoms with Gasteiger partial charge in [-0.25, -0.2) is 0 Å². The van der Waals surface area contributed by atoms with E-state index in [4.69, 9.17) is 0 Å². The summed E-state index contributed by atoms with van der Waals surface area (Å²) in [4.78, 5) is 2.46. The summed E-state index contributed by atoms with van der Waals surface area (Å²) in [6.07, 6.45) is 1.15. The van der Waals surface area contributed by atoms with E-state index >= 15 is 0 Å². The Morgan fingerprint density at radius 2 is 1.73 bits per heavy atom. The van der Waals surface area contributed by atoms with Crippen molar-refractivity contribution in [1.82, 2.24) is 9.47 Å². The first-order chi connectivity index (χ1) is 10.8. The van der Waals surface area contributed by atoms with Crippen LogP contribution in [0.15, 0.2) is 54.6 Å². The minimum atomic E-state index is 0.472. The molecule has 0 saturated heterocycles. The number of nitrogens with zero attached hydrogens (tertiary/aromatic N) is 2. The van der Waals surface area contributed by atoms with Gasteiger partial charge in [0.15, 0.2) is 0 Å². The van der Waals surface area contributed by atoms with Crippen LogP contribution in [0.25, 0.3) is 10.9 Å². The highest BCUT2D eigenvalue weighted by molar-refractivity contribution is 5.86. The van der Waals surface area contributed by atoms with Crippen molar-refractivity contribution in [3.8, 4) is 0 Å². The van der Waals surface area contributed by atoms with Crippen LogP contribution < -0.4 is 0 Å². The lowest BCUT2D eigenvalue weighted by Gasteiger charge is -2.32. The van der Waals surface area contributed by atoms with Crippen LogP contribution in [-0.2, 0) is 13.0 Å². The van der Waals surface area contributed by atoms with E-state index in [1.165, 1.54) is 22.2 Å². The molecule has 0 fully saturated rings. The third kappa shape index (κ3) is 2.06. The fourth-order valence-corrected chi connectivity index (χ4v) is 3.76. The monoisotopic (exact) mass is 290 g/mol. The number of rotatable bonds is 2. The zero-order valence-corrected chi connectivity index (χ0v) is 13.3. The van der Waals surface area contributed by atoms with Gasteiger partial charge in [0.2, 0.25) is 0 Å². The third-order valence-electron chi connectivity index (χ3n) is 5.07. The molecule has 0 amide bonds. The van der Waals surface area contributed by atoms with E-state index in [-0.39, 0.29) is 0 Å². The van der Waals surface area contributed by atoms with Crippen molar-refractivity contribution in [3.05, 3.63) is 71.4 Å². The molecule has 0 aliphatic carbocycles. The molecule has 1 aliphatic heterocycles. The Labute approximate surface area is 132 Å².